The molecule has 0 radical (unpaired) electrons. The van der Waals surface area contributed by atoms with Crippen molar-refractivity contribution in [2.45, 2.75) is 103 Å². The van der Waals surface area contributed by atoms with Crippen LogP contribution in [-0.4, -0.2) is 112 Å². The molecule has 11 rings (SSSR count). The maximum atomic E-state index is 11.6. The van der Waals surface area contributed by atoms with Gasteiger partial charge in [0.05, 0.1) is 53.8 Å². The zero-order chi connectivity index (χ0) is 94.7. The molecule has 11 aromatic rings. The molecule has 0 saturated heterocycles. The Bertz CT molecular complexity index is 5670. The molecule has 1 atom stereocenters. The van der Waals surface area contributed by atoms with E-state index in [0.717, 1.165) is 54.6 Å². The minimum absolute atomic E-state index is 0. The Kier molecular flexibility index (Phi) is 43.9. The number of hydrogen-bond acceptors (Lipinski definition) is 23. The molecule has 11 aromatic carbocycles. The summed E-state index contributed by atoms with van der Waals surface area (Å²) in [4.78, 5) is 23.8. The Labute approximate surface area is 750 Å². The predicted octanol–water partition coefficient (Wildman–Crippen LogP) is 15.4. The Balaban J connectivity index is 0.000000709. The molecule has 124 heavy (non-hydrogen) atoms. The van der Waals surface area contributed by atoms with E-state index >= 15 is 0 Å². The summed E-state index contributed by atoms with van der Waals surface area (Å²) in [5.74, 6) is -2.90. The topological polar surface area (TPSA) is 442 Å². The van der Waals surface area contributed by atoms with Crippen molar-refractivity contribution in [3.05, 3.63) is 291 Å². The van der Waals surface area contributed by atoms with E-state index in [9.17, 15) is 121 Å². The number of aliphatic carboxylic acids is 2. The first kappa shape index (κ1) is 115. The van der Waals surface area contributed by atoms with E-state index < -0.39 is 101 Å². The number of fused-ring (bicyclic) bond motifs is 2. The van der Waals surface area contributed by atoms with Gasteiger partial charge in [0.25, 0.3) is 0 Å². The van der Waals surface area contributed by atoms with Crippen molar-refractivity contribution < 1.29 is 149 Å². The average molecular weight is 2210 g/mol. The van der Waals surface area contributed by atoms with Crippen LogP contribution in [0.4, 0.5) is 39.2 Å². The van der Waals surface area contributed by atoms with Gasteiger partial charge in [0.15, 0.2) is 20.3 Å². The first-order chi connectivity index (χ1) is 55.8. The van der Waals surface area contributed by atoms with E-state index in [1.165, 1.54) is 57.2 Å². The Morgan fingerprint density at radius 3 is 1.04 bits per heavy atom. The molecule has 23 nitrogen and oxygen atoms in total. The number of halogens is 18. The molecular formula is C75H65Br2Cl4F12O23PS6Sb-9. The summed E-state index contributed by atoms with van der Waals surface area (Å²) >= 11 is 15.2. The van der Waals surface area contributed by atoms with Crippen molar-refractivity contribution in [3.8, 4) is 11.5 Å². The number of carbonyl (C=O) groups excluding carboxylic acids is 2. The van der Waals surface area contributed by atoms with Gasteiger partial charge in [-0.3, -0.25) is 0 Å². The summed E-state index contributed by atoms with van der Waals surface area (Å²) in [6, 6.07) is 69.8. The number of benzene rings is 11. The van der Waals surface area contributed by atoms with Gasteiger partial charge in [-0.05, 0) is 201 Å². The molecule has 0 fully saturated rings. The molecule has 0 aliphatic heterocycles. The van der Waals surface area contributed by atoms with Crippen LogP contribution in [0.1, 0.15) is 87.1 Å². The van der Waals surface area contributed by atoms with Crippen LogP contribution >= 0.6 is 86.1 Å². The number of carbonyl (C=O) groups is 2. The molecule has 684 valence electrons. The summed E-state index contributed by atoms with van der Waals surface area (Å²) in [7, 11) is -28.4. The van der Waals surface area contributed by atoms with Gasteiger partial charge in [-0.1, -0.05) is 235 Å². The Hall–Kier alpha value is -7.01. The van der Waals surface area contributed by atoms with E-state index in [1.54, 1.807) is 84.9 Å². The number of phenols is 2. The fraction of sp³-hybridized carbons (Fsp3) is 0.147. The van der Waals surface area contributed by atoms with Crippen molar-refractivity contribution in [1.82, 2.24) is 0 Å². The molecule has 0 saturated carbocycles. The van der Waals surface area contributed by atoms with E-state index in [2.05, 4.69) is 111 Å². The summed E-state index contributed by atoms with van der Waals surface area (Å²) in [6.07, 6.45) is 0. The number of hydrogen-bond donors (Lipinski definition) is 3. The van der Waals surface area contributed by atoms with Crippen LogP contribution in [0, 0.1) is 0 Å². The summed E-state index contributed by atoms with van der Waals surface area (Å²) in [6.45, 7) is 11.8. The number of rotatable bonds is 14. The molecule has 0 spiro atoms. The molecule has 0 bridgehead atoms. The van der Waals surface area contributed by atoms with Gasteiger partial charge in [-0.25, -0.2) is 37.9 Å². The van der Waals surface area contributed by atoms with Crippen molar-refractivity contribution in [1.29, 1.82) is 0 Å². The van der Waals surface area contributed by atoms with Gasteiger partial charge >= 0.3 is 67.4 Å². The molecule has 49 heteroatoms. The Morgan fingerprint density at radius 2 is 0.742 bits per heavy atom. The van der Waals surface area contributed by atoms with Crippen LogP contribution < -0.4 is 20.2 Å². The van der Waals surface area contributed by atoms with Crippen molar-refractivity contribution >= 4 is 203 Å². The normalized spacial score (nSPS) is 12.6. The van der Waals surface area contributed by atoms with Crippen LogP contribution in [0.3, 0.4) is 0 Å². The van der Waals surface area contributed by atoms with Gasteiger partial charge in [-0.15, -0.1) is 0 Å². The number of carboxylic acids is 2. The summed E-state index contributed by atoms with van der Waals surface area (Å²) in [5.41, 5.74) is 0.828. The molecule has 0 amide bonds. The van der Waals surface area contributed by atoms with Crippen LogP contribution in [0.25, 0.3) is 21.5 Å². The molecule has 0 aromatic heterocycles. The predicted molar refractivity (Wildman–Crippen MR) is 441 cm³/mol. The molecule has 0 heterocycles. The standard InChI is InChI=1S/C18H12Br2ClS.C15H24O3S.C14H12O3.C10H8O4S.C10H8O3S.C6H6O4S.C2HCl3O2.F6P.6FH.H2O4S.Sb/c19-13-1-7-16(8-2-13)22(17-9-3-14(20)4-10-17)18-11-5-15(21)6-12-18;1-9(2)12-7-13(10(3)4)15(19(16,17)18)14(8-12)11(5)6;15-13(16)14(17,11-7-3-1-4-8-11)12-9-5-2-6-10-12;11-9-3-1-8-6-10(15(12,13)14)4-2-7(8)5-9;11-14(12,13)10-6-5-8-3-1-2-4-9(8)7-10;7-5-1-3-6(4-2-5)11(8,9)10;3-2(4,5)1(6)7;1-7(2,3,4,5)6;;;;;;;1-4-5(2)3;/h1-12H;7-11H,1-6H3,(H,16,17,18);1-10,17H,(H,15,16);1-6,11H,(H,12,13,14);1-7H,(H,11,12,13);1-4,7H,(H,8,9,10);(H,6,7);;6*1H;1H,(H,2,3);/q+1;;;;;;;-1;;;;;;;;+5/p-14. The first-order valence-corrected chi connectivity index (χ1v) is 51.0. The average Bonchev–Trinajstić information content (AvgIpc) is 0.788. The SMILES string of the molecule is CC(C)c1cc(C(C)C)c(S(=O)(=O)[O-])c(C(C)C)c1.Clc1ccc([S+](c2ccc(Br)cc2)c2ccc(Br)cc2)cc1.F[P-](F)(F)(F)(F)F.O=C([O-])C(Cl)(Cl)Cl.O=C([O-])C(O)(c1ccccc1)c1ccccc1.O=S(=O)([O-])c1ccc(O)cc1.O=S(=O)([O-])c1ccc2cc(O)ccc2c1.O=S(=O)([O-])c1ccc2ccccc2c1.O=S([O-])O[O-].[F-].[F][Sb]([F])([F])([F])[F]. The van der Waals surface area contributed by atoms with Gasteiger partial charge < -0.3 is 72.2 Å². The Morgan fingerprint density at radius 1 is 0.460 bits per heavy atom. The zero-order valence-corrected chi connectivity index (χ0v) is 78.1. The second-order valence-electron chi connectivity index (χ2n) is 25.1. The van der Waals surface area contributed by atoms with Crippen molar-refractivity contribution in [2.75, 3.05) is 0 Å². The third-order valence-corrected chi connectivity index (χ3v) is 22.3. The van der Waals surface area contributed by atoms with Crippen LogP contribution in [-0.2, 0) is 82.3 Å². The zero-order valence-electron chi connectivity index (χ0n) is 63.6. The fourth-order valence-corrected chi connectivity index (χ4v) is 14.7. The first-order valence-electron chi connectivity index (χ1n) is 33.2. The third kappa shape index (κ3) is 45.6. The van der Waals surface area contributed by atoms with Crippen LogP contribution in [0.15, 0.2) is 292 Å². The number of phenolic OH excluding ortho intramolecular Hbond substituents is 2. The van der Waals surface area contributed by atoms with E-state index in [4.69, 9.17) is 65.5 Å². The monoisotopic (exact) mass is 2200 g/mol. The van der Waals surface area contributed by atoms with E-state index in [0.29, 0.717) is 27.8 Å². The second-order valence-corrected chi connectivity index (χ2v) is 43.2. The molecular weight excluding hydrogens is 2140 g/mol. The summed E-state index contributed by atoms with van der Waals surface area (Å²) in [5, 5.41) is 61.3. The fourth-order valence-electron chi connectivity index (χ4n) is 9.36. The number of aromatic hydroxyl groups is 2. The number of carboxylic acid groups (broad SMARTS) is 2. The van der Waals surface area contributed by atoms with E-state index in [-0.39, 0.29) is 69.6 Å². The summed E-state index contributed by atoms with van der Waals surface area (Å²) < 4.78 is 259. The van der Waals surface area contributed by atoms with Crippen molar-refractivity contribution in [3.63, 3.8) is 0 Å². The molecule has 0 aliphatic carbocycles. The van der Waals surface area contributed by atoms with E-state index in [1.807, 2.05) is 64.1 Å². The number of aliphatic hydroxyl groups is 1. The maximum absolute atomic E-state index is 11.6. The van der Waals surface area contributed by atoms with Crippen LogP contribution in [0.2, 0.25) is 5.02 Å². The minimum atomic E-state index is -10.7. The number of alkyl halides is 3. The molecule has 0 aliphatic rings. The van der Waals surface area contributed by atoms with Gasteiger partial charge in [0, 0.05) is 14.0 Å². The molecule has 1 unspecified atom stereocenters. The molecule has 3 N–H and O–H groups in total. The van der Waals surface area contributed by atoms with Crippen LogP contribution in [0.5, 0.6) is 11.5 Å². The third-order valence-electron chi connectivity index (χ3n) is 14.7. The van der Waals surface area contributed by atoms with Crippen molar-refractivity contribution in [2.24, 2.45) is 0 Å². The van der Waals surface area contributed by atoms with Gasteiger partial charge in [-0.2, -0.15) is 0 Å². The van der Waals surface area contributed by atoms with Gasteiger partial charge in [0.2, 0.25) is 3.79 Å². The quantitative estimate of drug-likeness (QED) is 0.0105. The second kappa shape index (κ2) is 47.3. The van der Waals surface area contributed by atoms with Gasteiger partial charge in [0.1, 0.15) is 52.0 Å².